The number of aromatic amines is 1. The number of thiazole rings is 1. The molecule has 8 heteroatoms. The van der Waals surface area contributed by atoms with Crippen LogP contribution in [0, 0.1) is 43.4 Å². The van der Waals surface area contributed by atoms with Crippen molar-refractivity contribution in [2.45, 2.75) is 43.1 Å². The average molecular weight is 595 g/mol. The molecular formula is C34H30N2O4S2. The van der Waals surface area contributed by atoms with Crippen LogP contribution in [0.15, 0.2) is 82.6 Å². The van der Waals surface area contributed by atoms with Crippen molar-refractivity contribution >= 4 is 40.6 Å². The average Bonchev–Trinajstić information content (AvgIpc) is 3.72. The molecule has 2 saturated carbocycles. The Kier molecular flexibility index (Phi) is 6.02. The summed E-state index contributed by atoms with van der Waals surface area (Å²) in [7, 11) is 0. The van der Waals surface area contributed by atoms with Crippen molar-refractivity contribution in [1.82, 2.24) is 4.98 Å². The van der Waals surface area contributed by atoms with Gasteiger partial charge in [0.05, 0.1) is 22.5 Å². The zero-order chi connectivity index (χ0) is 28.7. The lowest BCUT2D eigenvalue weighted by Crippen LogP contribution is -2.42. The number of ether oxygens (including phenoxy) is 1. The van der Waals surface area contributed by atoms with Gasteiger partial charge in [-0.15, -0.1) is 11.8 Å². The van der Waals surface area contributed by atoms with E-state index in [2.05, 4.69) is 42.2 Å². The number of anilines is 1. The zero-order valence-corrected chi connectivity index (χ0v) is 24.9. The van der Waals surface area contributed by atoms with Gasteiger partial charge in [0.2, 0.25) is 11.8 Å². The summed E-state index contributed by atoms with van der Waals surface area (Å²) < 4.78 is 6.10. The van der Waals surface area contributed by atoms with Crippen LogP contribution in [-0.2, 0) is 16.2 Å². The van der Waals surface area contributed by atoms with Crippen molar-refractivity contribution < 1.29 is 14.3 Å². The van der Waals surface area contributed by atoms with Crippen LogP contribution in [0.25, 0.3) is 0 Å². The van der Waals surface area contributed by atoms with Gasteiger partial charge < -0.3 is 9.72 Å². The van der Waals surface area contributed by atoms with Gasteiger partial charge >= 0.3 is 4.87 Å². The van der Waals surface area contributed by atoms with Crippen LogP contribution in [0.4, 0.5) is 5.69 Å². The van der Waals surface area contributed by atoms with E-state index in [0.717, 1.165) is 38.8 Å². The first-order chi connectivity index (χ1) is 20.4. The Morgan fingerprint density at radius 1 is 0.881 bits per heavy atom. The normalized spacial score (nSPS) is 29.0. The molecule has 1 saturated heterocycles. The van der Waals surface area contributed by atoms with E-state index in [1.807, 2.05) is 49.4 Å². The van der Waals surface area contributed by atoms with Crippen LogP contribution in [0.2, 0.25) is 0 Å². The number of fused-ring (bicyclic) bond motifs is 9. The Morgan fingerprint density at radius 2 is 1.62 bits per heavy atom. The molecular weight excluding hydrogens is 565 g/mol. The molecule has 7 atom stereocenters. The number of H-pyrrole nitrogens is 1. The highest BCUT2D eigenvalue weighted by molar-refractivity contribution is 8.00. The number of hydrogen-bond acceptors (Lipinski definition) is 6. The number of aromatic nitrogens is 1. The van der Waals surface area contributed by atoms with Gasteiger partial charge in [-0.05, 0) is 73.4 Å². The van der Waals surface area contributed by atoms with Crippen molar-refractivity contribution in [3.8, 4) is 5.75 Å². The lowest BCUT2D eigenvalue weighted by molar-refractivity contribution is -0.123. The summed E-state index contributed by atoms with van der Waals surface area (Å²) in [4.78, 5) is 45.8. The third-order valence-electron chi connectivity index (χ3n) is 9.74. The summed E-state index contributed by atoms with van der Waals surface area (Å²) >= 11 is 3.00. The summed E-state index contributed by atoms with van der Waals surface area (Å²) in [6, 6.07) is 24.2. The fraction of sp³-hybridized carbons (Fsp3) is 0.324. The Labute approximate surface area is 252 Å². The van der Waals surface area contributed by atoms with Gasteiger partial charge in [0.1, 0.15) is 12.4 Å². The molecule has 3 fully saturated rings. The molecule has 4 aliphatic rings. The summed E-state index contributed by atoms with van der Waals surface area (Å²) in [5.41, 5.74) is 5.22. The minimum Gasteiger partial charge on any atom is -0.489 e. The predicted octanol–water partition coefficient (Wildman–Crippen LogP) is 6.31. The Balaban J connectivity index is 1.11. The summed E-state index contributed by atoms with van der Waals surface area (Å²) in [6.45, 7) is 4.57. The second-order valence-corrected chi connectivity index (χ2v) is 14.4. The zero-order valence-electron chi connectivity index (χ0n) is 23.3. The molecule has 0 spiro atoms. The lowest BCUT2D eigenvalue weighted by atomic mass is 9.68. The lowest BCUT2D eigenvalue weighted by Gasteiger charge is -2.43. The highest BCUT2D eigenvalue weighted by atomic mass is 32.2. The number of hydrogen-bond donors (Lipinski definition) is 1. The first-order valence-electron chi connectivity index (χ1n) is 14.5. The maximum Gasteiger partial charge on any atom is 0.305 e. The van der Waals surface area contributed by atoms with Crippen molar-refractivity contribution in [1.29, 1.82) is 0 Å². The number of nitrogens with zero attached hydrogens (tertiary/aromatic N) is 1. The van der Waals surface area contributed by atoms with Crippen LogP contribution in [0.5, 0.6) is 5.75 Å². The molecule has 1 N–H and O–H groups in total. The monoisotopic (exact) mass is 594 g/mol. The number of aryl methyl sites for hydroxylation is 2. The number of imide groups is 1. The summed E-state index contributed by atoms with van der Waals surface area (Å²) in [5.74, 6) is 0.456. The third-order valence-corrected chi connectivity index (χ3v) is 12.3. The van der Waals surface area contributed by atoms with Crippen LogP contribution in [0.1, 0.15) is 39.5 Å². The molecule has 0 radical (unpaired) electrons. The highest BCUT2D eigenvalue weighted by Gasteiger charge is 2.69. The first-order valence-corrected chi connectivity index (χ1v) is 16.2. The highest BCUT2D eigenvalue weighted by Crippen LogP contribution is 2.68. The largest absolute Gasteiger partial charge is 0.489 e. The molecule has 3 heterocycles. The van der Waals surface area contributed by atoms with E-state index in [1.54, 1.807) is 11.8 Å². The Hall–Kier alpha value is -3.62. The molecule has 2 bridgehead atoms. The molecule has 212 valence electrons. The van der Waals surface area contributed by atoms with Gasteiger partial charge in [-0.25, -0.2) is 0 Å². The molecule has 5 unspecified atom stereocenters. The van der Waals surface area contributed by atoms with Crippen molar-refractivity contribution in [3.63, 3.8) is 0 Å². The van der Waals surface area contributed by atoms with Gasteiger partial charge in [0.15, 0.2) is 0 Å². The molecule has 4 aromatic rings. The quantitative estimate of drug-likeness (QED) is 0.274. The molecule has 2 amide bonds. The van der Waals surface area contributed by atoms with E-state index < -0.39 is 0 Å². The standard InChI is InChI=1S/C34H30N2O4S2/c1-17-6-10-21(11-7-17)36-32(37)27-23-15-24(28(27)33(36)38)29-26(23)25(30-31(41-29)35-34(39)42-30)20-8-12-22(13-9-20)40-16-19-5-3-4-18(2)14-19/h3-14,23-29H,15-16H2,1-2H3,(H,35,39)/t23-,24-,25?,26?,27?,28?,29?/m1/s1. The van der Waals surface area contributed by atoms with Crippen LogP contribution < -0.4 is 14.5 Å². The van der Waals surface area contributed by atoms with Gasteiger partial charge in [-0.3, -0.25) is 19.3 Å². The van der Waals surface area contributed by atoms with E-state index in [4.69, 9.17) is 4.74 Å². The predicted molar refractivity (Wildman–Crippen MR) is 164 cm³/mol. The fourth-order valence-electron chi connectivity index (χ4n) is 8.08. The van der Waals surface area contributed by atoms with E-state index in [-0.39, 0.29) is 57.4 Å². The third kappa shape index (κ3) is 3.95. The second kappa shape index (κ2) is 9.71. The number of nitrogens with one attached hydrogen (secondary N) is 1. The number of carbonyl (C=O) groups is 2. The SMILES string of the molecule is Cc1ccc(N2C(=O)C3C(C2=O)[C@@H]2C[C@H]3C3Sc4[nH]c(=O)sc4C(c4ccc(OCc5cccc(C)c5)cc4)C32)cc1. The van der Waals surface area contributed by atoms with Crippen molar-refractivity contribution in [2.75, 3.05) is 4.90 Å². The molecule has 42 heavy (non-hydrogen) atoms. The molecule has 6 nitrogen and oxygen atoms in total. The number of rotatable bonds is 5. The summed E-state index contributed by atoms with van der Waals surface area (Å²) in [6.07, 6.45) is 0.879. The van der Waals surface area contributed by atoms with E-state index >= 15 is 0 Å². The second-order valence-electron chi connectivity index (χ2n) is 12.2. The molecule has 3 aromatic carbocycles. The van der Waals surface area contributed by atoms with Gasteiger partial charge in [0.25, 0.3) is 0 Å². The fourth-order valence-corrected chi connectivity index (χ4v) is 11.0. The van der Waals surface area contributed by atoms with Crippen molar-refractivity contribution in [3.05, 3.63) is 110 Å². The van der Waals surface area contributed by atoms with Gasteiger partial charge in [-0.2, -0.15) is 0 Å². The molecule has 2 aliphatic heterocycles. The number of carbonyl (C=O) groups excluding carboxylic acids is 2. The Morgan fingerprint density at radius 3 is 2.36 bits per heavy atom. The molecule has 1 aromatic heterocycles. The first kappa shape index (κ1) is 26.0. The maximum atomic E-state index is 13.9. The van der Waals surface area contributed by atoms with Crippen molar-refractivity contribution in [2.24, 2.45) is 29.6 Å². The van der Waals surface area contributed by atoms with Gasteiger partial charge in [-0.1, -0.05) is 71.0 Å². The number of thioether (sulfide) groups is 1. The van der Waals surface area contributed by atoms with Crippen LogP contribution >= 0.6 is 23.1 Å². The van der Waals surface area contributed by atoms with E-state index in [1.165, 1.54) is 21.8 Å². The molecule has 2 aliphatic carbocycles. The molecule has 8 rings (SSSR count). The minimum atomic E-state index is -0.303. The summed E-state index contributed by atoms with van der Waals surface area (Å²) in [5, 5.41) is 1.10. The smallest absolute Gasteiger partial charge is 0.305 e. The minimum absolute atomic E-state index is 0.00620. The van der Waals surface area contributed by atoms with Gasteiger partial charge in [0, 0.05) is 16.0 Å². The van der Waals surface area contributed by atoms with Crippen LogP contribution in [0.3, 0.4) is 0 Å². The number of amides is 2. The number of benzene rings is 3. The van der Waals surface area contributed by atoms with E-state index in [0.29, 0.717) is 12.3 Å². The maximum absolute atomic E-state index is 13.9. The van der Waals surface area contributed by atoms with E-state index in [9.17, 15) is 14.4 Å². The topological polar surface area (TPSA) is 79.5 Å². The van der Waals surface area contributed by atoms with Crippen LogP contribution in [-0.4, -0.2) is 22.0 Å². The Bertz CT molecular complexity index is 1780.